The standard InChI is InChI=1S/C12H17N3O3S.ClH/c1-13-19(17,18)11-4-2-10(3-5-11)12(16)15-8-6-14-7-9-15;/h2-5,13-14H,6-9H2,1H3;1H. The number of nitrogens with zero attached hydrogens (tertiary/aromatic N) is 1. The average Bonchev–Trinajstić information content (AvgIpc) is 2.47. The molecule has 1 saturated heterocycles. The molecule has 1 aliphatic rings. The normalized spacial score (nSPS) is 15.6. The van der Waals surface area contributed by atoms with Gasteiger partial charge in [-0.3, -0.25) is 4.79 Å². The Morgan fingerprint density at radius 3 is 2.25 bits per heavy atom. The molecule has 1 heterocycles. The van der Waals surface area contributed by atoms with Crippen LogP contribution in [0.4, 0.5) is 0 Å². The van der Waals surface area contributed by atoms with Crippen LogP contribution in [-0.2, 0) is 10.0 Å². The number of hydrogen-bond donors (Lipinski definition) is 2. The molecule has 2 rings (SSSR count). The van der Waals surface area contributed by atoms with E-state index >= 15 is 0 Å². The Hall–Kier alpha value is -1.15. The monoisotopic (exact) mass is 319 g/mol. The van der Waals surface area contributed by atoms with Gasteiger partial charge in [0, 0.05) is 31.7 Å². The van der Waals surface area contributed by atoms with Crippen LogP contribution in [-0.4, -0.2) is 52.5 Å². The summed E-state index contributed by atoms with van der Waals surface area (Å²) >= 11 is 0. The predicted molar refractivity (Wildman–Crippen MR) is 78.7 cm³/mol. The van der Waals surface area contributed by atoms with Crippen LogP contribution in [0.1, 0.15) is 10.4 Å². The number of sulfonamides is 1. The van der Waals surface area contributed by atoms with Crippen LogP contribution in [0.25, 0.3) is 0 Å². The molecule has 20 heavy (non-hydrogen) atoms. The van der Waals surface area contributed by atoms with E-state index in [0.717, 1.165) is 13.1 Å². The number of piperazine rings is 1. The highest BCUT2D eigenvalue weighted by molar-refractivity contribution is 7.89. The lowest BCUT2D eigenvalue weighted by molar-refractivity contribution is 0.0735. The first-order chi connectivity index (χ1) is 9.04. The lowest BCUT2D eigenvalue weighted by atomic mass is 10.2. The van der Waals surface area contributed by atoms with Gasteiger partial charge in [-0.25, -0.2) is 13.1 Å². The van der Waals surface area contributed by atoms with Gasteiger partial charge in [-0.05, 0) is 31.3 Å². The van der Waals surface area contributed by atoms with Crippen molar-refractivity contribution in [3.05, 3.63) is 29.8 Å². The topological polar surface area (TPSA) is 78.5 Å². The molecular weight excluding hydrogens is 302 g/mol. The van der Waals surface area contributed by atoms with E-state index in [4.69, 9.17) is 0 Å². The largest absolute Gasteiger partial charge is 0.336 e. The Kier molecular flexibility index (Phi) is 5.94. The van der Waals surface area contributed by atoms with E-state index in [1.165, 1.54) is 19.2 Å². The highest BCUT2D eigenvalue weighted by atomic mass is 35.5. The fraction of sp³-hybridized carbons (Fsp3) is 0.417. The first kappa shape index (κ1) is 16.9. The maximum Gasteiger partial charge on any atom is 0.253 e. The molecule has 1 aromatic rings. The number of nitrogens with one attached hydrogen (secondary N) is 2. The van der Waals surface area contributed by atoms with Crippen LogP contribution in [0.3, 0.4) is 0 Å². The summed E-state index contributed by atoms with van der Waals surface area (Å²) in [6, 6.07) is 5.99. The lowest BCUT2D eigenvalue weighted by Gasteiger charge is -2.27. The van der Waals surface area contributed by atoms with Gasteiger partial charge in [-0.15, -0.1) is 12.4 Å². The average molecular weight is 320 g/mol. The zero-order valence-corrected chi connectivity index (χ0v) is 12.8. The van der Waals surface area contributed by atoms with Crippen LogP contribution in [0.2, 0.25) is 0 Å². The second-order valence-corrected chi connectivity index (χ2v) is 6.16. The molecule has 0 radical (unpaired) electrons. The second-order valence-electron chi connectivity index (χ2n) is 4.27. The molecule has 8 heteroatoms. The summed E-state index contributed by atoms with van der Waals surface area (Å²) in [5.41, 5.74) is 0.511. The van der Waals surface area contributed by atoms with Gasteiger partial charge in [0.2, 0.25) is 10.0 Å². The number of amides is 1. The zero-order chi connectivity index (χ0) is 13.9. The fourth-order valence-electron chi connectivity index (χ4n) is 1.95. The summed E-state index contributed by atoms with van der Waals surface area (Å²) in [5, 5.41) is 3.18. The number of hydrogen-bond acceptors (Lipinski definition) is 4. The summed E-state index contributed by atoms with van der Waals surface area (Å²) in [4.78, 5) is 14.1. The molecule has 1 aromatic carbocycles. The predicted octanol–water partition coefficient (Wildman–Crippen LogP) is 0.0619. The first-order valence-corrected chi connectivity index (χ1v) is 7.56. The van der Waals surface area contributed by atoms with E-state index in [0.29, 0.717) is 18.7 Å². The van der Waals surface area contributed by atoms with Crippen LogP contribution < -0.4 is 10.0 Å². The molecule has 0 spiro atoms. The van der Waals surface area contributed by atoms with E-state index in [9.17, 15) is 13.2 Å². The van der Waals surface area contributed by atoms with Crippen LogP contribution in [0.5, 0.6) is 0 Å². The van der Waals surface area contributed by atoms with Crippen molar-refractivity contribution in [2.45, 2.75) is 4.90 Å². The van der Waals surface area contributed by atoms with Gasteiger partial charge in [0.15, 0.2) is 0 Å². The summed E-state index contributed by atoms with van der Waals surface area (Å²) < 4.78 is 25.4. The SMILES string of the molecule is CNS(=O)(=O)c1ccc(C(=O)N2CCNCC2)cc1.Cl. The number of benzene rings is 1. The van der Waals surface area contributed by atoms with Gasteiger partial charge in [0.1, 0.15) is 0 Å². The molecule has 0 aliphatic carbocycles. The Morgan fingerprint density at radius 2 is 1.75 bits per heavy atom. The molecule has 1 amide bonds. The maximum absolute atomic E-state index is 12.2. The fourth-order valence-corrected chi connectivity index (χ4v) is 2.68. The summed E-state index contributed by atoms with van der Waals surface area (Å²) in [6.07, 6.45) is 0. The lowest BCUT2D eigenvalue weighted by Crippen LogP contribution is -2.46. The molecule has 0 atom stereocenters. The Labute approximate surface area is 125 Å². The summed E-state index contributed by atoms with van der Waals surface area (Å²) in [5.74, 6) is -0.0603. The molecule has 1 fully saturated rings. The van der Waals surface area contributed by atoms with Crippen molar-refractivity contribution in [3.63, 3.8) is 0 Å². The summed E-state index contributed by atoms with van der Waals surface area (Å²) in [7, 11) is -2.09. The van der Waals surface area contributed by atoms with E-state index < -0.39 is 10.0 Å². The third-order valence-corrected chi connectivity index (χ3v) is 4.51. The van der Waals surface area contributed by atoms with Crippen molar-refractivity contribution in [3.8, 4) is 0 Å². The number of carbonyl (C=O) groups excluding carboxylic acids is 1. The minimum atomic E-state index is -3.45. The third kappa shape index (κ3) is 3.69. The molecule has 1 aliphatic heterocycles. The number of halogens is 1. The van der Waals surface area contributed by atoms with Crippen molar-refractivity contribution in [2.75, 3.05) is 33.2 Å². The van der Waals surface area contributed by atoms with Crippen LogP contribution in [0.15, 0.2) is 29.2 Å². The maximum atomic E-state index is 12.2. The van der Waals surface area contributed by atoms with Gasteiger partial charge in [0.05, 0.1) is 4.90 Å². The van der Waals surface area contributed by atoms with Crippen molar-refractivity contribution >= 4 is 28.3 Å². The van der Waals surface area contributed by atoms with Crippen molar-refractivity contribution < 1.29 is 13.2 Å². The Bertz CT molecular complexity index is 554. The van der Waals surface area contributed by atoms with E-state index in [1.807, 2.05) is 0 Å². The quantitative estimate of drug-likeness (QED) is 0.826. The van der Waals surface area contributed by atoms with E-state index in [-0.39, 0.29) is 23.2 Å². The minimum absolute atomic E-state index is 0. The van der Waals surface area contributed by atoms with Crippen molar-refractivity contribution in [1.29, 1.82) is 0 Å². The highest BCUT2D eigenvalue weighted by Crippen LogP contribution is 2.12. The van der Waals surface area contributed by atoms with Crippen LogP contribution >= 0.6 is 12.4 Å². The van der Waals surface area contributed by atoms with E-state index in [1.54, 1.807) is 17.0 Å². The molecule has 2 N–H and O–H groups in total. The van der Waals surface area contributed by atoms with Gasteiger partial charge in [-0.1, -0.05) is 0 Å². The van der Waals surface area contributed by atoms with Crippen molar-refractivity contribution in [2.24, 2.45) is 0 Å². The highest BCUT2D eigenvalue weighted by Gasteiger charge is 2.18. The van der Waals surface area contributed by atoms with Gasteiger partial charge in [-0.2, -0.15) is 0 Å². The first-order valence-electron chi connectivity index (χ1n) is 6.08. The number of carbonyl (C=O) groups is 1. The van der Waals surface area contributed by atoms with Crippen LogP contribution in [0, 0.1) is 0 Å². The van der Waals surface area contributed by atoms with Crippen molar-refractivity contribution in [1.82, 2.24) is 14.9 Å². The summed E-state index contributed by atoms with van der Waals surface area (Å²) in [6.45, 7) is 2.93. The van der Waals surface area contributed by atoms with Gasteiger partial charge >= 0.3 is 0 Å². The van der Waals surface area contributed by atoms with E-state index in [2.05, 4.69) is 10.0 Å². The molecule has 0 saturated carbocycles. The Balaban J connectivity index is 0.00000200. The zero-order valence-electron chi connectivity index (χ0n) is 11.1. The van der Waals surface area contributed by atoms with Gasteiger partial charge < -0.3 is 10.2 Å². The second kappa shape index (κ2) is 7.03. The number of rotatable bonds is 3. The molecule has 0 bridgehead atoms. The third-order valence-electron chi connectivity index (χ3n) is 3.08. The van der Waals surface area contributed by atoms with Gasteiger partial charge in [0.25, 0.3) is 5.91 Å². The molecular formula is C12H18ClN3O3S. The molecule has 0 aromatic heterocycles. The molecule has 6 nitrogen and oxygen atoms in total. The smallest absolute Gasteiger partial charge is 0.253 e. The molecule has 112 valence electrons. The molecule has 0 unspecified atom stereocenters. The minimum Gasteiger partial charge on any atom is -0.336 e. The Morgan fingerprint density at radius 1 is 1.20 bits per heavy atom.